The van der Waals surface area contributed by atoms with E-state index in [2.05, 4.69) is 5.48 Å². The van der Waals surface area contributed by atoms with Crippen molar-refractivity contribution >= 4 is 11.8 Å². The van der Waals surface area contributed by atoms with Gasteiger partial charge in [0.05, 0.1) is 19.1 Å². The van der Waals surface area contributed by atoms with Gasteiger partial charge < -0.3 is 9.64 Å². The highest BCUT2D eigenvalue weighted by Gasteiger charge is 2.37. The van der Waals surface area contributed by atoms with Crippen molar-refractivity contribution in [2.24, 2.45) is 11.8 Å². The van der Waals surface area contributed by atoms with Crippen molar-refractivity contribution < 1.29 is 19.2 Å². The van der Waals surface area contributed by atoms with Crippen LogP contribution in [0, 0.1) is 11.8 Å². The zero-order chi connectivity index (χ0) is 13.0. The first kappa shape index (κ1) is 13.3. The molecular formula is C12H20N2O4. The summed E-state index contributed by atoms with van der Waals surface area (Å²) in [5.74, 6) is 0.254. The number of carbonyl (C=O) groups excluding carboxylic acids is 2. The maximum atomic E-state index is 11.7. The maximum absolute atomic E-state index is 11.7. The van der Waals surface area contributed by atoms with Crippen LogP contribution >= 0.6 is 0 Å². The smallest absolute Gasteiger partial charge is 0.248 e. The fourth-order valence-corrected chi connectivity index (χ4v) is 2.07. The quantitative estimate of drug-likeness (QED) is 0.512. The molecule has 1 aliphatic heterocycles. The molecule has 1 N–H and O–H groups in total. The molecule has 0 radical (unpaired) electrons. The number of hydroxylamine groups is 1. The van der Waals surface area contributed by atoms with Gasteiger partial charge in [-0.2, -0.15) is 0 Å². The molecule has 1 heterocycles. The van der Waals surface area contributed by atoms with Gasteiger partial charge in [-0.05, 0) is 18.8 Å². The van der Waals surface area contributed by atoms with E-state index in [4.69, 9.17) is 9.57 Å². The average Bonchev–Trinajstić information content (AvgIpc) is 3.09. The molecule has 6 nitrogen and oxygen atoms in total. The van der Waals surface area contributed by atoms with Crippen molar-refractivity contribution in [2.45, 2.75) is 19.3 Å². The van der Waals surface area contributed by atoms with Crippen molar-refractivity contribution in [2.75, 3.05) is 33.4 Å². The average molecular weight is 256 g/mol. The van der Waals surface area contributed by atoms with E-state index in [0.29, 0.717) is 32.1 Å². The van der Waals surface area contributed by atoms with E-state index in [-0.39, 0.29) is 17.7 Å². The summed E-state index contributed by atoms with van der Waals surface area (Å²) in [4.78, 5) is 30.2. The molecule has 102 valence electrons. The van der Waals surface area contributed by atoms with E-state index in [0.717, 1.165) is 6.54 Å². The molecular weight excluding hydrogens is 236 g/mol. The Hall–Kier alpha value is -1.14. The van der Waals surface area contributed by atoms with Gasteiger partial charge in [-0.25, -0.2) is 5.48 Å². The Morgan fingerprint density at radius 2 is 2.22 bits per heavy atom. The number of nitrogens with one attached hydrogen (secondary N) is 1. The number of hydrogen-bond acceptors (Lipinski definition) is 4. The number of amides is 2. The molecule has 2 amide bonds. The molecule has 2 aliphatic rings. The Morgan fingerprint density at radius 3 is 2.89 bits per heavy atom. The van der Waals surface area contributed by atoms with E-state index >= 15 is 0 Å². The highest BCUT2D eigenvalue weighted by atomic mass is 16.7. The lowest BCUT2D eigenvalue weighted by Gasteiger charge is -2.15. The molecule has 0 spiro atoms. The van der Waals surface area contributed by atoms with E-state index < -0.39 is 0 Å². The number of likely N-dealkylation sites (tertiary alicyclic amines) is 1. The third-order valence-corrected chi connectivity index (χ3v) is 3.32. The van der Waals surface area contributed by atoms with Gasteiger partial charge in [-0.1, -0.05) is 0 Å². The first-order chi connectivity index (χ1) is 8.70. The Kier molecular flexibility index (Phi) is 4.54. The summed E-state index contributed by atoms with van der Waals surface area (Å²) in [7, 11) is 1.57. The van der Waals surface area contributed by atoms with Gasteiger partial charge in [-0.15, -0.1) is 0 Å². The van der Waals surface area contributed by atoms with Crippen LogP contribution < -0.4 is 5.48 Å². The Balaban J connectivity index is 1.69. The molecule has 2 fully saturated rings. The fraction of sp³-hybridized carbons (Fsp3) is 0.833. The molecule has 0 aromatic heterocycles. The number of nitrogens with zero attached hydrogens (tertiary/aromatic N) is 1. The zero-order valence-corrected chi connectivity index (χ0v) is 10.7. The Morgan fingerprint density at radius 1 is 1.44 bits per heavy atom. The lowest BCUT2D eigenvalue weighted by atomic mass is 10.1. The monoisotopic (exact) mass is 256 g/mol. The second kappa shape index (κ2) is 6.15. The molecule has 0 aromatic carbocycles. The highest BCUT2D eigenvalue weighted by Crippen LogP contribution is 2.31. The van der Waals surface area contributed by atoms with Crippen LogP contribution in [0.3, 0.4) is 0 Å². The zero-order valence-electron chi connectivity index (χ0n) is 10.7. The summed E-state index contributed by atoms with van der Waals surface area (Å²) < 4.78 is 4.80. The van der Waals surface area contributed by atoms with E-state index in [9.17, 15) is 9.59 Å². The Bertz CT molecular complexity index is 317. The van der Waals surface area contributed by atoms with Crippen LogP contribution in [0.1, 0.15) is 19.3 Å². The van der Waals surface area contributed by atoms with Gasteiger partial charge >= 0.3 is 0 Å². The highest BCUT2D eigenvalue weighted by molar-refractivity contribution is 5.88. The largest absolute Gasteiger partial charge is 0.382 e. The Labute approximate surface area is 107 Å². The normalized spacial score (nSPS) is 23.5. The minimum Gasteiger partial charge on any atom is -0.382 e. The molecule has 0 aromatic rings. The summed E-state index contributed by atoms with van der Waals surface area (Å²) >= 11 is 0. The minimum atomic E-state index is -0.279. The predicted molar refractivity (Wildman–Crippen MR) is 63.4 cm³/mol. The van der Waals surface area contributed by atoms with E-state index in [1.54, 1.807) is 12.0 Å². The topological polar surface area (TPSA) is 67.9 Å². The first-order valence-corrected chi connectivity index (χ1v) is 6.39. The third kappa shape index (κ3) is 3.68. The fourth-order valence-electron chi connectivity index (χ4n) is 2.07. The molecule has 1 aliphatic carbocycles. The standard InChI is InChI=1S/C12H20N2O4/c1-17-4-5-18-13-12(16)10-6-11(15)14(8-10)7-9-2-3-9/h9-10H,2-8H2,1H3,(H,13,16). The summed E-state index contributed by atoms with van der Waals surface area (Å²) in [5.41, 5.74) is 2.37. The van der Waals surface area contributed by atoms with Gasteiger partial charge in [0.15, 0.2) is 0 Å². The lowest BCUT2D eigenvalue weighted by Crippen LogP contribution is -2.34. The van der Waals surface area contributed by atoms with Crippen LogP contribution in [0.15, 0.2) is 0 Å². The van der Waals surface area contributed by atoms with Gasteiger partial charge in [0, 0.05) is 26.6 Å². The lowest BCUT2D eigenvalue weighted by molar-refractivity contribution is -0.138. The van der Waals surface area contributed by atoms with E-state index in [1.165, 1.54) is 12.8 Å². The SMILES string of the molecule is COCCONC(=O)C1CC(=O)N(CC2CC2)C1. The van der Waals surface area contributed by atoms with Crippen molar-refractivity contribution in [1.29, 1.82) is 0 Å². The molecule has 2 rings (SSSR count). The van der Waals surface area contributed by atoms with Gasteiger partial charge in [0.25, 0.3) is 0 Å². The van der Waals surface area contributed by atoms with Crippen LogP contribution in [-0.4, -0.2) is 50.1 Å². The molecule has 1 saturated heterocycles. The number of ether oxygens (including phenoxy) is 1. The van der Waals surface area contributed by atoms with Crippen LogP contribution in [0.2, 0.25) is 0 Å². The van der Waals surface area contributed by atoms with Crippen molar-refractivity contribution in [3.05, 3.63) is 0 Å². The van der Waals surface area contributed by atoms with Crippen LogP contribution in [0.4, 0.5) is 0 Å². The number of rotatable bonds is 7. The third-order valence-electron chi connectivity index (χ3n) is 3.32. The van der Waals surface area contributed by atoms with Crippen molar-refractivity contribution in [1.82, 2.24) is 10.4 Å². The second-order valence-electron chi connectivity index (χ2n) is 4.95. The van der Waals surface area contributed by atoms with Gasteiger partial charge in [0.1, 0.15) is 0 Å². The number of methoxy groups -OCH3 is 1. The summed E-state index contributed by atoms with van der Waals surface area (Å²) in [6.45, 7) is 2.08. The molecule has 1 atom stereocenters. The van der Waals surface area contributed by atoms with E-state index in [1.807, 2.05) is 0 Å². The van der Waals surface area contributed by atoms with Crippen LogP contribution in [-0.2, 0) is 19.2 Å². The minimum absolute atomic E-state index is 0.0824. The molecule has 18 heavy (non-hydrogen) atoms. The second-order valence-corrected chi connectivity index (χ2v) is 4.95. The number of carbonyl (C=O) groups is 2. The number of hydrogen-bond donors (Lipinski definition) is 1. The predicted octanol–water partition coefficient (Wildman–Crippen LogP) is -0.0609. The first-order valence-electron chi connectivity index (χ1n) is 6.39. The van der Waals surface area contributed by atoms with Crippen LogP contribution in [0.5, 0.6) is 0 Å². The summed E-state index contributed by atoms with van der Waals surface area (Å²) in [5, 5.41) is 0. The van der Waals surface area contributed by atoms with Gasteiger partial charge in [-0.3, -0.25) is 14.4 Å². The molecule has 1 saturated carbocycles. The van der Waals surface area contributed by atoms with Crippen molar-refractivity contribution in [3.8, 4) is 0 Å². The molecule has 0 bridgehead atoms. The van der Waals surface area contributed by atoms with Crippen LogP contribution in [0.25, 0.3) is 0 Å². The molecule has 1 unspecified atom stereocenters. The van der Waals surface area contributed by atoms with Gasteiger partial charge in [0.2, 0.25) is 11.8 Å². The molecule has 6 heteroatoms. The summed E-state index contributed by atoms with van der Waals surface area (Å²) in [6.07, 6.45) is 2.72. The maximum Gasteiger partial charge on any atom is 0.248 e. The summed E-state index contributed by atoms with van der Waals surface area (Å²) in [6, 6.07) is 0. The van der Waals surface area contributed by atoms with Crippen molar-refractivity contribution in [3.63, 3.8) is 0 Å².